The summed E-state index contributed by atoms with van der Waals surface area (Å²) in [5, 5.41) is 0. The van der Waals surface area contributed by atoms with Crippen LogP contribution in [0.2, 0.25) is 0 Å². The molecule has 0 amide bonds. The third-order valence-electron chi connectivity index (χ3n) is 2.99. The van der Waals surface area contributed by atoms with Gasteiger partial charge in [-0.2, -0.15) is 0 Å². The van der Waals surface area contributed by atoms with Crippen LogP contribution in [0.1, 0.15) is 73.1 Å². The monoisotopic (exact) mass is 243 g/mol. The Morgan fingerprint density at radius 2 is 1.59 bits per heavy atom. The summed E-state index contributed by atoms with van der Waals surface area (Å²) in [6.45, 7) is 11.6. The molecule has 0 aromatic rings. The number of hydrogen-bond donors (Lipinski definition) is 0. The molecule has 0 N–H and O–H groups in total. The van der Waals surface area contributed by atoms with E-state index in [-0.39, 0.29) is 0 Å². The minimum Gasteiger partial charge on any atom is -0.304 e. The smallest absolute Gasteiger partial charge is 0.132 e. The maximum atomic E-state index is 11.0. The average Bonchev–Trinajstić information content (AvgIpc) is 2.35. The Labute approximate surface area is 109 Å². The minimum absolute atomic E-state index is 0.411. The standard InChI is InChI=1S/C13H27NO.C2H6/c1-5-13(15)10-8-6-7-9-11-14(4)12(2)3;1-2/h12H,5-11H2,1-4H3;1-2H3. The molecule has 0 aromatic carbocycles. The van der Waals surface area contributed by atoms with Crippen molar-refractivity contribution in [1.82, 2.24) is 4.90 Å². The Kier molecular flexibility index (Phi) is 15.3. The lowest BCUT2D eigenvalue weighted by molar-refractivity contribution is -0.118. The quantitative estimate of drug-likeness (QED) is 0.563. The maximum Gasteiger partial charge on any atom is 0.132 e. The van der Waals surface area contributed by atoms with E-state index in [1.165, 1.54) is 25.8 Å². The van der Waals surface area contributed by atoms with E-state index in [1.807, 2.05) is 20.8 Å². The topological polar surface area (TPSA) is 20.3 Å². The Bertz CT molecular complexity index is 166. The Morgan fingerprint density at radius 3 is 2.06 bits per heavy atom. The third kappa shape index (κ3) is 13.6. The van der Waals surface area contributed by atoms with Gasteiger partial charge in [-0.15, -0.1) is 0 Å². The number of unbranched alkanes of at least 4 members (excludes halogenated alkanes) is 3. The van der Waals surface area contributed by atoms with Crippen molar-refractivity contribution in [2.45, 2.75) is 79.2 Å². The molecule has 0 spiro atoms. The Balaban J connectivity index is 0. The molecule has 0 fully saturated rings. The second kappa shape index (κ2) is 13.7. The maximum absolute atomic E-state index is 11.0. The summed E-state index contributed by atoms with van der Waals surface area (Å²) in [5.74, 6) is 0.411. The number of ketones is 1. The van der Waals surface area contributed by atoms with Crippen LogP contribution in [0.15, 0.2) is 0 Å². The van der Waals surface area contributed by atoms with Gasteiger partial charge in [-0.25, -0.2) is 0 Å². The first kappa shape index (κ1) is 19.0. The van der Waals surface area contributed by atoms with Gasteiger partial charge in [0.1, 0.15) is 5.78 Å². The van der Waals surface area contributed by atoms with Gasteiger partial charge in [-0.1, -0.05) is 33.6 Å². The largest absolute Gasteiger partial charge is 0.304 e. The van der Waals surface area contributed by atoms with Crippen molar-refractivity contribution in [3.8, 4) is 0 Å². The zero-order chi connectivity index (χ0) is 13.7. The van der Waals surface area contributed by atoms with Crippen LogP contribution >= 0.6 is 0 Å². The van der Waals surface area contributed by atoms with Crippen molar-refractivity contribution in [3.63, 3.8) is 0 Å². The highest BCUT2D eigenvalue weighted by Gasteiger charge is 2.02. The molecule has 0 aliphatic rings. The van der Waals surface area contributed by atoms with Gasteiger partial charge in [-0.3, -0.25) is 4.79 Å². The van der Waals surface area contributed by atoms with E-state index in [1.54, 1.807) is 0 Å². The zero-order valence-electron chi connectivity index (χ0n) is 12.9. The van der Waals surface area contributed by atoms with Gasteiger partial charge in [0, 0.05) is 18.9 Å². The van der Waals surface area contributed by atoms with Crippen LogP contribution in [0.25, 0.3) is 0 Å². The van der Waals surface area contributed by atoms with Crippen LogP contribution in [0.4, 0.5) is 0 Å². The summed E-state index contributed by atoms with van der Waals surface area (Å²) in [6.07, 6.45) is 6.30. The molecule has 0 atom stereocenters. The molecule has 0 aromatic heterocycles. The number of Topliss-reactive ketones (excluding diaryl/α,β-unsaturated/α-hetero) is 1. The van der Waals surface area contributed by atoms with Gasteiger partial charge in [0.15, 0.2) is 0 Å². The molecule has 0 radical (unpaired) electrons. The first-order valence-electron chi connectivity index (χ1n) is 7.29. The van der Waals surface area contributed by atoms with E-state index < -0.39 is 0 Å². The van der Waals surface area contributed by atoms with Crippen LogP contribution in [0.3, 0.4) is 0 Å². The Hall–Kier alpha value is -0.370. The number of nitrogens with zero attached hydrogens (tertiary/aromatic N) is 1. The van der Waals surface area contributed by atoms with Crippen molar-refractivity contribution in [2.24, 2.45) is 0 Å². The summed E-state index contributed by atoms with van der Waals surface area (Å²) < 4.78 is 0. The van der Waals surface area contributed by atoms with Crippen molar-refractivity contribution in [2.75, 3.05) is 13.6 Å². The van der Waals surface area contributed by atoms with Crippen LogP contribution in [0, 0.1) is 0 Å². The van der Waals surface area contributed by atoms with Crippen molar-refractivity contribution in [3.05, 3.63) is 0 Å². The van der Waals surface area contributed by atoms with E-state index in [0.717, 1.165) is 12.8 Å². The molecule has 0 unspecified atom stereocenters. The molecular formula is C15H33NO. The Morgan fingerprint density at radius 1 is 1.06 bits per heavy atom. The van der Waals surface area contributed by atoms with E-state index in [4.69, 9.17) is 0 Å². The van der Waals surface area contributed by atoms with Gasteiger partial charge in [-0.05, 0) is 40.3 Å². The fourth-order valence-corrected chi connectivity index (χ4v) is 1.47. The predicted octanol–water partition coefficient (Wildman–Crippen LogP) is 4.28. The number of hydrogen-bond acceptors (Lipinski definition) is 2. The van der Waals surface area contributed by atoms with E-state index in [0.29, 0.717) is 18.2 Å². The zero-order valence-corrected chi connectivity index (χ0v) is 12.9. The second-order valence-corrected chi connectivity index (χ2v) is 4.63. The van der Waals surface area contributed by atoms with Crippen molar-refractivity contribution < 1.29 is 4.79 Å². The van der Waals surface area contributed by atoms with Crippen molar-refractivity contribution >= 4 is 5.78 Å². The van der Waals surface area contributed by atoms with Gasteiger partial charge < -0.3 is 4.90 Å². The van der Waals surface area contributed by atoms with Crippen molar-refractivity contribution in [1.29, 1.82) is 0 Å². The highest BCUT2D eigenvalue weighted by atomic mass is 16.1. The highest BCUT2D eigenvalue weighted by Crippen LogP contribution is 2.06. The molecule has 0 saturated heterocycles. The third-order valence-corrected chi connectivity index (χ3v) is 2.99. The van der Waals surface area contributed by atoms with Crippen LogP contribution in [-0.4, -0.2) is 30.3 Å². The predicted molar refractivity (Wildman–Crippen MR) is 77.5 cm³/mol. The molecule has 104 valence electrons. The number of rotatable bonds is 9. The molecule has 17 heavy (non-hydrogen) atoms. The van der Waals surface area contributed by atoms with Crippen LogP contribution < -0.4 is 0 Å². The van der Waals surface area contributed by atoms with E-state index in [2.05, 4.69) is 25.8 Å². The molecule has 0 aliphatic heterocycles. The number of carbonyl (C=O) groups is 1. The SMILES string of the molecule is CC.CCC(=O)CCCCCCN(C)C(C)C. The molecular weight excluding hydrogens is 210 g/mol. The molecule has 0 rings (SSSR count). The molecule has 2 heteroatoms. The average molecular weight is 243 g/mol. The summed E-state index contributed by atoms with van der Waals surface area (Å²) >= 11 is 0. The van der Waals surface area contributed by atoms with E-state index >= 15 is 0 Å². The second-order valence-electron chi connectivity index (χ2n) is 4.63. The number of carbonyl (C=O) groups excluding carboxylic acids is 1. The molecule has 0 heterocycles. The summed E-state index contributed by atoms with van der Waals surface area (Å²) in [4.78, 5) is 13.4. The fraction of sp³-hybridized carbons (Fsp3) is 0.933. The van der Waals surface area contributed by atoms with Gasteiger partial charge >= 0.3 is 0 Å². The van der Waals surface area contributed by atoms with Crippen LogP contribution in [0.5, 0.6) is 0 Å². The van der Waals surface area contributed by atoms with Gasteiger partial charge in [0.2, 0.25) is 0 Å². The highest BCUT2D eigenvalue weighted by molar-refractivity contribution is 5.77. The molecule has 0 bridgehead atoms. The summed E-state index contributed by atoms with van der Waals surface area (Å²) in [6, 6.07) is 0.645. The fourth-order valence-electron chi connectivity index (χ4n) is 1.47. The first-order valence-corrected chi connectivity index (χ1v) is 7.29. The lowest BCUT2D eigenvalue weighted by atomic mass is 10.1. The van der Waals surface area contributed by atoms with E-state index in [9.17, 15) is 4.79 Å². The van der Waals surface area contributed by atoms with Gasteiger partial charge in [0.05, 0.1) is 0 Å². The molecule has 0 saturated carbocycles. The van der Waals surface area contributed by atoms with Crippen LogP contribution in [-0.2, 0) is 4.79 Å². The molecule has 2 nitrogen and oxygen atoms in total. The molecule has 0 aliphatic carbocycles. The van der Waals surface area contributed by atoms with Gasteiger partial charge in [0.25, 0.3) is 0 Å². The minimum atomic E-state index is 0.411. The lowest BCUT2D eigenvalue weighted by Crippen LogP contribution is -2.27. The lowest BCUT2D eigenvalue weighted by Gasteiger charge is -2.20. The normalized spacial score (nSPS) is 10.4. The summed E-state index contributed by atoms with van der Waals surface area (Å²) in [5.41, 5.74) is 0. The first-order chi connectivity index (χ1) is 8.07. The summed E-state index contributed by atoms with van der Waals surface area (Å²) in [7, 11) is 2.17.